The first kappa shape index (κ1) is 12.9. The highest BCUT2D eigenvalue weighted by Crippen LogP contribution is 2.32. The van der Waals surface area contributed by atoms with Gasteiger partial charge in [0, 0.05) is 11.5 Å². The molecule has 0 unspecified atom stereocenters. The molecule has 0 spiro atoms. The van der Waals surface area contributed by atoms with Crippen LogP contribution in [-0.4, -0.2) is 7.05 Å². The maximum absolute atomic E-state index is 13.8. The quantitative estimate of drug-likeness (QED) is 0.841. The molecule has 2 N–H and O–H groups in total. The molecule has 0 atom stereocenters. The molecule has 94 valence electrons. The third-order valence-corrected chi connectivity index (χ3v) is 3.31. The molecule has 2 rings (SSSR count). The second kappa shape index (κ2) is 4.98. The Balaban J connectivity index is 2.50. The molecule has 18 heavy (non-hydrogen) atoms. The van der Waals surface area contributed by atoms with E-state index in [0.717, 1.165) is 15.7 Å². The molecule has 0 saturated carbocycles. The second-order valence-electron chi connectivity index (χ2n) is 4.22. The largest absolute Gasteiger partial charge is 0.397 e. The molecule has 0 heterocycles. The molecule has 0 bridgehead atoms. The molecule has 0 aliphatic rings. The average Bonchev–Trinajstić information content (AvgIpc) is 2.34. The Hall–Kier alpha value is -1.55. The summed E-state index contributed by atoms with van der Waals surface area (Å²) in [5.74, 6) is -0.276. The van der Waals surface area contributed by atoms with E-state index in [0.29, 0.717) is 11.4 Å². The number of hydrogen-bond acceptors (Lipinski definition) is 2. The Morgan fingerprint density at radius 1 is 1.11 bits per heavy atom. The van der Waals surface area contributed by atoms with Crippen molar-refractivity contribution in [3.63, 3.8) is 0 Å². The highest BCUT2D eigenvalue weighted by atomic mass is 79.9. The number of halogens is 2. The van der Waals surface area contributed by atoms with E-state index in [-0.39, 0.29) is 5.82 Å². The van der Waals surface area contributed by atoms with Crippen molar-refractivity contribution >= 4 is 33.0 Å². The fraction of sp³-hybridized carbons (Fsp3) is 0.143. The molecule has 0 aliphatic heterocycles. The van der Waals surface area contributed by atoms with Gasteiger partial charge in [-0.1, -0.05) is 22.0 Å². The van der Waals surface area contributed by atoms with Crippen molar-refractivity contribution in [3.8, 4) is 0 Å². The number of aryl methyl sites for hydroxylation is 1. The molecule has 2 aromatic rings. The monoisotopic (exact) mass is 308 g/mol. The summed E-state index contributed by atoms with van der Waals surface area (Å²) >= 11 is 3.35. The van der Waals surface area contributed by atoms with Crippen LogP contribution in [0.2, 0.25) is 0 Å². The summed E-state index contributed by atoms with van der Waals surface area (Å²) < 4.78 is 14.7. The number of anilines is 3. The van der Waals surface area contributed by atoms with Crippen LogP contribution in [-0.2, 0) is 0 Å². The first-order valence-corrected chi connectivity index (χ1v) is 6.33. The van der Waals surface area contributed by atoms with Gasteiger partial charge in [-0.15, -0.1) is 0 Å². The molecule has 0 radical (unpaired) electrons. The van der Waals surface area contributed by atoms with Gasteiger partial charge in [-0.05, 0) is 42.8 Å². The maximum atomic E-state index is 13.8. The van der Waals surface area contributed by atoms with Crippen LogP contribution >= 0.6 is 15.9 Å². The molecule has 2 nitrogen and oxygen atoms in total. The van der Waals surface area contributed by atoms with Crippen molar-refractivity contribution in [1.82, 2.24) is 0 Å². The van der Waals surface area contributed by atoms with Crippen LogP contribution in [0.4, 0.5) is 21.5 Å². The minimum Gasteiger partial charge on any atom is -0.397 e. The summed E-state index contributed by atoms with van der Waals surface area (Å²) in [4.78, 5) is 1.75. The summed E-state index contributed by atoms with van der Waals surface area (Å²) in [6, 6.07) is 10.5. The van der Waals surface area contributed by atoms with Crippen molar-refractivity contribution in [2.24, 2.45) is 0 Å². The number of nitrogen functional groups attached to an aromatic ring is 1. The van der Waals surface area contributed by atoms with E-state index >= 15 is 0 Å². The zero-order valence-electron chi connectivity index (χ0n) is 10.2. The second-order valence-corrected chi connectivity index (χ2v) is 5.13. The molecule has 2 aromatic carbocycles. The lowest BCUT2D eigenvalue weighted by atomic mass is 10.1. The third kappa shape index (κ3) is 2.48. The lowest BCUT2D eigenvalue weighted by Crippen LogP contribution is -2.13. The molecule has 0 aromatic heterocycles. The SMILES string of the molecule is Cc1ccc(N)c(N(C)c2cc(Br)ccc2F)c1. The molecule has 0 fully saturated rings. The minimum absolute atomic E-state index is 0.276. The molecule has 0 saturated heterocycles. The van der Waals surface area contributed by atoms with Crippen molar-refractivity contribution < 1.29 is 4.39 Å². The van der Waals surface area contributed by atoms with Gasteiger partial charge in [-0.2, -0.15) is 0 Å². The van der Waals surface area contributed by atoms with E-state index in [1.165, 1.54) is 6.07 Å². The van der Waals surface area contributed by atoms with E-state index in [1.807, 2.05) is 25.1 Å². The fourth-order valence-electron chi connectivity index (χ4n) is 1.82. The summed E-state index contributed by atoms with van der Waals surface area (Å²) in [6.45, 7) is 1.98. The lowest BCUT2D eigenvalue weighted by Gasteiger charge is -2.22. The Bertz CT molecular complexity index is 533. The zero-order chi connectivity index (χ0) is 13.3. The van der Waals surface area contributed by atoms with Crippen LogP contribution in [0.3, 0.4) is 0 Å². The first-order chi connectivity index (χ1) is 8.49. The average molecular weight is 309 g/mol. The Morgan fingerprint density at radius 3 is 2.56 bits per heavy atom. The Labute approximate surface area is 114 Å². The Kier molecular flexibility index (Phi) is 3.57. The van der Waals surface area contributed by atoms with Crippen molar-refractivity contribution in [2.45, 2.75) is 6.92 Å². The number of nitrogens with zero attached hydrogens (tertiary/aromatic N) is 1. The van der Waals surface area contributed by atoms with E-state index in [4.69, 9.17) is 5.73 Å². The number of benzene rings is 2. The number of rotatable bonds is 2. The number of nitrogens with two attached hydrogens (primary N) is 1. The summed E-state index contributed by atoms with van der Waals surface area (Å²) in [6.07, 6.45) is 0. The number of hydrogen-bond donors (Lipinski definition) is 1. The van der Waals surface area contributed by atoms with E-state index in [2.05, 4.69) is 15.9 Å². The summed E-state index contributed by atoms with van der Waals surface area (Å²) in [7, 11) is 1.80. The van der Waals surface area contributed by atoms with Crippen molar-refractivity contribution in [3.05, 3.63) is 52.3 Å². The van der Waals surface area contributed by atoms with Gasteiger partial charge in [-0.25, -0.2) is 4.39 Å². The molecular weight excluding hydrogens is 295 g/mol. The van der Waals surface area contributed by atoms with Gasteiger partial charge in [0.2, 0.25) is 0 Å². The van der Waals surface area contributed by atoms with Crippen LogP contribution in [0.25, 0.3) is 0 Å². The van der Waals surface area contributed by atoms with Crippen LogP contribution in [0.15, 0.2) is 40.9 Å². The molecule has 0 amide bonds. The first-order valence-electron chi connectivity index (χ1n) is 5.54. The van der Waals surface area contributed by atoms with Gasteiger partial charge in [0.1, 0.15) is 5.82 Å². The standard InChI is InChI=1S/C14H14BrFN2/c1-9-3-6-12(17)14(7-9)18(2)13-8-10(15)4-5-11(13)16/h3-8H,17H2,1-2H3. The topological polar surface area (TPSA) is 29.3 Å². The van der Waals surface area contributed by atoms with Gasteiger partial charge >= 0.3 is 0 Å². The predicted molar refractivity (Wildman–Crippen MR) is 77.8 cm³/mol. The normalized spacial score (nSPS) is 10.4. The smallest absolute Gasteiger partial charge is 0.146 e. The van der Waals surface area contributed by atoms with Gasteiger partial charge in [0.25, 0.3) is 0 Å². The van der Waals surface area contributed by atoms with E-state index < -0.39 is 0 Å². The Morgan fingerprint density at radius 2 is 1.83 bits per heavy atom. The van der Waals surface area contributed by atoms with Gasteiger partial charge in [0.05, 0.1) is 17.1 Å². The van der Waals surface area contributed by atoms with Gasteiger partial charge < -0.3 is 10.6 Å². The van der Waals surface area contributed by atoms with Crippen molar-refractivity contribution in [2.75, 3.05) is 17.7 Å². The van der Waals surface area contributed by atoms with Gasteiger partial charge in [0.15, 0.2) is 0 Å². The van der Waals surface area contributed by atoms with Crippen LogP contribution in [0.5, 0.6) is 0 Å². The van der Waals surface area contributed by atoms with E-state index in [1.54, 1.807) is 24.1 Å². The highest BCUT2D eigenvalue weighted by molar-refractivity contribution is 9.10. The van der Waals surface area contributed by atoms with Gasteiger partial charge in [-0.3, -0.25) is 0 Å². The summed E-state index contributed by atoms with van der Waals surface area (Å²) in [5, 5.41) is 0. The van der Waals surface area contributed by atoms with Crippen LogP contribution in [0.1, 0.15) is 5.56 Å². The fourth-order valence-corrected chi connectivity index (χ4v) is 2.17. The molecular formula is C14H14BrFN2. The zero-order valence-corrected chi connectivity index (χ0v) is 11.8. The third-order valence-electron chi connectivity index (χ3n) is 2.82. The summed E-state index contributed by atoms with van der Waals surface area (Å²) in [5.41, 5.74) is 8.94. The maximum Gasteiger partial charge on any atom is 0.146 e. The predicted octanol–water partition coefficient (Wildman–Crippen LogP) is 4.25. The molecule has 4 heteroatoms. The van der Waals surface area contributed by atoms with Crippen LogP contribution < -0.4 is 10.6 Å². The van der Waals surface area contributed by atoms with Crippen LogP contribution in [0, 0.1) is 12.7 Å². The van der Waals surface area contributed by atoms with Crippen molar-refractivity contribution in [1.29, 1.82) is 0 Å². The lowest BCUT2D eigenvalue weighted by molar-refractivity contribution is 0.627. The van der Waals surface area contributed by atoms with E-state index in [9.17, 15) is 4.39 Å². The molecule has 0 aliphatic carbocycles. The highest BCUT2D eigenvalue weighted by Gasteiger charge is 2.12. The minimum atomic E-state index is -0.276.